The Kier molecular flexibility index (Phi) is 4.61. The molecule has 0 radical (unpaired) electrons. The summed E-state index contributed by atoms with van der Waals surface area (Å²) in [6.07, 6.45) is 2.34. The zero-order valence-corrected chi connectivity index (χ0v) is 12.4. The van der Waals surface area contributed by atoms with Gasteiger partial charge in [-0.05, 0) is 31.6 Å². The predicted octanol–water partition coefficient (Wildman–Crippen LogP) is 2.22. The highest BCUT2D eigenvalue weighted by Gasteiger charge is 2.46. The fraction of sp³-hybridized carbons (Fsp3) is 0.625. The van der Waals surface area contributed by atoms with Crippen LogP contribution in [0.2, 0.25) is 0 Å². The summed E-state index contributed by atoms with van der Waals surface area (Å²) in [6, 6.07) is 9.34. The van der Waals surface area contributed by atoms with Crippen LogP contribution in [0.25, 0.3) is 0 Å². The third-order valence-corrected chi connectivity index (χ3v) is 4.12. The van der Waals surface area contributed by atoms with Crippen LogP contribution < -0.4 is 5.73 Å². The maximum atomic E-state index is 6.02. The lowest BCUT2D eigenvalue weighted by molar-refractivity contribution is -0.145. The Hall–Kier alpha value is -0.900. The van der Waals surface area contributed by atoms with Gasteiger partial charge >= 0.3 is 0 Å². The molecule has 1 unspecified atom stereocenters. The second-order valence-electron chi connectivity index (χ2n) is 5.92. The molecular weight excluding hydrogens is 236 g/mol. The molecule has 2 rings (SSSR count). The van der Waals surface area contributed by atoms with Crippen LogP contribution in [0.4, 0.5) is 0 Å². The van der Waals surface area contributed by atoms with Gasteiger partial charge in [0, 0.05) is 18.0 Å². The van der Waals surface area contributed by atoms with Gasteiger partial charge in [0.15, 0.2) is 0 Å². The maximum absolute atomic E-state index is 6.02. The number of nitrogens with two attached hydrogens (primary N) is 1. The Morgan fingerprint density at radius 1 is 1.26 bits per heavy atom. The van der Waals surface area contributed by atoms with Gasteiger partial charge in [-0.1, -0.05) is 37.6 Å². The Morgan fingerprint density at radius 3 is 2.26 bits per heavy atom. The van der Waals surface area contributed by atoms with Crippen LogP contribution in [0.15, 0.2) is 24.3 Å². The Bertz CT molecular complexity index is 390. The molecule has 1 aromatic rings. The SMILES string of the molecule is CCCc1ccc(C(N(C)C)C2(CN)COC2)cc1. The van der Waals surface area contributed by atoms with Crippen molar-refractivity contribution in [2.24, 2.45) is 11.1 Å². The Labute approximate surface area is 116 Å². The molecule has 1 aliphatic rings. The summed E-state index contributed by atoms with van der Waals surface area (Å²) in [6.45, 7) is 4.42. The second kappa shape index (κ2) is 6.04. The summed E-state index contributed by atoms with van der Waals surface area (Å²) in [4.78, 5) is 2.27. The highest BCUT2D eigenvalue weighted by molar-refractivity contribution is 5.27. The molecule has 1 saturated heterocycles. The predicted molar refractivity (Wildman–Crippen MR) is 79.2 cm³/mol. The van der Waals surface area contributed by atoms with Crippen LogP contribution in [0.3, 0.4) is 0 Å². The molecule has 106 valence electrons. The van der Waals surface area contributed by atoms with E-state index < -0.39 is 0 Å². The average Bonchev–Trinajstić information content (AvgIpc) is 2.35. The number of hydrogen-bond donors (Lipinski definition) is 1. The zero-order valence-electron chi connectivity index (χ0n) is 12.4. The van der Waals surface area contributed by atoms with E-state index in [-0.39, 0.29) is 5.41 Å². The summed E-state index contributed by atoms with van der Waals surface area (Å²) >= 11 is 0. The lowest BCUT2D eigenvalue weighted by Crippen LogP contribution is -2.55. The van der Waals surface area contributed by atoms with Gasteiger partial charge in [-0.25, -0.2) is 0 Å². The van der Waals surface area contributed by atoms with Crippen molar-refractivity contribution in [1.82, 2.24) is 4.90 Å². The van der Waals surface area contributed by atoms with Crippen molar-refractivity contribution < 1.29 is 4.74 Å². The van der Waals surface area contributed by atoms with Crippen LogP contribution in [0.1, 0.15) is 30.5 Å². The quantitative estimate of drug-likeness (QED) is 0.854. The number of aryl methyl sites for hydroxylation is 1. The highest BCUT2D eigenvalue weighted by atomic mass is 16.5. The smallest absolute Gasteiger partial charge is 0.0575 e. The summed E-state index contributed by atoms with van der Waals surface area (Å²) in [5.41, 5.74) is 8.85. The number of hydrogen-bond acceptors (Lipinski definition) is 3. The molecule has 0 aromatic heterocycles. The lowest BCUT2D eigenvalue weighted by atomic mass is 9.74. The van der Waals surface area contributed by atoms with Crippen LogP contribution in [0.5, 0.6) is 0 Å². The van der Waals surface area contributed by atoms with Gasteiger partial charge in [0.2, 0.25) is 0 Å². The van der Waals surface area contributed by atoms with E-state index in [0.717, 1.165) is 19.6 Å². The largest absolute Gasteiger partial charge is 0.380 e. The first kappa shape index (κ1) is 14.5. The molecule has 1 aliphatic heterocycles. The van der Waals surface area contributed by atoms with E-state index in [2.05, 4.69) is 50.2 Å². The standard InChI is InChI=1S/C16H26N2O/c1-4-5-13-6-8-14(9-7-13)15(18(2)3)16(10-17)11-19-12-16/h6-9,15H,4-5,10-12,17H2,1-3H3. The molecular formula is C16H26N2O. The minimum absolute atomic E-state index is 0.0791. The van der Waals surface area contributed by atoms with E-state index in [1.54, 1.807) is 0 Å². The van der Waals surface area contributed by atoms with E-state index in [4.69, 9.17) is 10.5 Å². The van der Waals surface area contributed by atoms with Crippen LogP contribution in [0, 0.1) is 5.41 Å². The fourth-order valence-electron chi connectivity index (χ4n) is 3.11. The van der Waals surface area contributed by atoms with E-state index in [9.17, 15) is 0 Å². The topological polar surface area (TPSA) is 38.5 Å². The normalized spacial score (nSPS) is 19.2. The van der Waals surface area contributed by atoms with Crippen LogP contribution >= 0.6 is 0 Å². The molecule has 1 fully saturated rings. The minimum atomic E-state index is 0.0791. The van der Waals surface area contributed by atoms with Crippen molar-refractivity contribution in [3.8, 4) is 0 Å². The number of rotatable bonds is 6. The van der Waals surface area contributed by atoms with E-state index >= 15 is 0 Å². The lowest BCUT2D eigenvalue weighted by Gasteiger charge is -2.49. The van der Waals surface area contributed by atoms with E-state index in [1.165, 1.54) is 17.5 Å². The van der Waals surface area contributed by atoms with Gasteiger partial charge in [0.1, 0.15) is 0 Å². The molecule has 2 N–H and O–H groups in total. The van der Waals surface area contributed by atoms with Crippen LogP contribution in [-0.2, 0) is 11.2 Å². The molecule has 0 spiro atoms. The van der Waals surface area contributed by atoms with Crippen molar-refractivity contribution in [2.75, 3.05) is 33.9 Å². The third kappa shape index (κ3) is 2.83. The summed E-state index contributed by atoms with van der Waals surface area (Å²) in [5.74, 6) is 0. The first-order valence-electron chi connectivity index (χ1n) is 7.16. The zero-order chi connectivity index (χ0) is 13.9. The van der Waals surface area contributed by atoms with Crippen molar-refractivity contribution in [3.63, 3.8) is 0 Å². The molecule has 19 heavy (non-hydrogen) atoms. The fourth-order valence-corrected chi connectivity index (χ4v) is 3.11. The molecule has 3 heteroatoms. The summed E-state index contributed by atoms with van der Waals surface area (Å²) < 4.78 is 5.44. The maximum Gasteiger partial charge on any atom is 0.0575 e. The highest BCUT2D eigenvalue weighted by Crippen LogP contribution is 2.42. The minimum Gasteiger partial charge on any atom is -0.380 e. The summed E-state index contributed by atoms with van der Waals surface area (Å²) in [5, 5.41) is 0. The summed E-state index contributed by atoms with van der Waals surface area (Å²) in [7, 11) is 4.25. The van der Waals surface area contributed by atoms with Gasteiger partial charge in [-0.2, -0.15) is 0 Å². The number of nitrogens with zero attached hydrogens (tertiary/aromatic N) is 1. The first-order chi connectivity index (χ1) is 9.13. The average molecular weight is 262 g/mol. The first-order valence-corrected chi connectivity index (χ1v) is 7.16. The molecule has 0 aliphatic carbocycles. The third-order valence-electron chi connectivity index (χ3n) is 4.12. The molecule has 0 saturated carbocycles. The van der Waals surface area contributed by atoms with Crippen molar-refractivity contribution in [1.29, 1.82) is 0 Å². The Balaban J connectivity index is 2.24. The van der Waals surface area contributed by atoms with E-state index in [0.29, 0.717) is 12.6 Å². The molecule has 1 heterocycles. The van der Waals surface area contributed by atoms with Gasteiger partial charge in [-0.3, -0.25) is 0 Å². The number of benzene rings is 1. The van der Waals surface area contributed by atoms with Crippen molar-refractivity contribution >= 4 is 0 Å². The monoisotopic (exact) mass is 262 g/mol. The molecule has 1 atom stereocenters. The van der Waals surface area contributed by atoms with Crippen LogP contribution in [-0.4, -0.2) is 38.8 Å². The van der Waals surface area contributed by atoms with Gasteiger partial charge < -0.3 is 15.4 Å². The van der Waals surface area contributed by atoms with Gasteiger partial charge in [0.05, 0.1) is 13.2 Å². The number of ether oxygens (including phenoxy) is 1. The second-order valence-corrected chi connectivity index (χ2v) is 5.92. The van der Waals surface area contributed by atoms with Gasteiger partial charge in [0.25, 0.3) is 0 Å². The van der Waals surface area contributed by atoms with Gasteiger partial charge in [-0.15, -0.1) is 0 Å². The molecule has 3 nitrogen and oxygen atoms in total. The van der Waals surface area contributed by atoms with Crippen molar-refractivity contribution in [2.45, 2.75) is 25.8 Å². The van der Waals surface area contributed by atoms with Crippen molar-refractivity contribution in [3.05, 3.63) is 35.4 Å². The Morgan fingerprint density at radius 2 is 1.89 bits per heavy atom. The van der Waals surface area contributed by atoms with E-state index in [1.807, 2.05) is 0 Å². The molecule has 1 aromatic carbocycles. The molecule has 0 amide bonds. The molecule has 0 bridgehead atoms.